The van der Waals surface area contributed by atoms with E-state index in [-0.39, 0.29) is 29.4 Å². The summed E-state index contributed by atoms with van der Waals surface area (Å²) in [6, 6.07) is 4.52. The van der Waals surface area contributed by atoms with Gasteiger partial charge in [-0.2, -0.15) is 0 Å². The quantitative estimate of drug-likeness (QED) is 0.130. The molecule has 12 nitrogen and oxygen atoms in total. The molecule has 0 spiro atoms. The first-order chi connectivity index (χ1) is 14.4. The van der Waals surface area contributed by atoms with Crippen LogP contribution < -0.4 is 0 Å². The SMILES string of the molecule is COC(=O)[C@@H]1CCCN1/[N+]([O-])=N/OCCCCCOC(=O)c1ccc([N+](=O)[O-])cc1. The van der Waals surface area contributed by atoms with E-state index in [0.717, 1.165) is 0 Å². The molecule has 1 aliphatic heterocycles. The molecule has 0 aliphatic carbocycles. The van der Waals surface area contributed by atoms with Gasteiger partial charge >= 0.3 is 11.9 Å². The number of nitro benzene ring substituents is 1. The number of carbonyl (C=O) groups is 2. The normalized spacial score (nSPS) is 16.2. The first kappa shape index (κ1) is 22.8. The number of hydrogen-bond acceptors (Lipinski definition) is 9. The van der Waals surface area contributed by atoms with Crippen molar-refractivity contribution in [3.8, 4) is 0 Å². The van der Waals surface area contributed by atoms with E-state index in [1.165, 1.54) is 36.4 Å². The summed E-state index contributed by atoms with van der Waals surface area (Å²) in [5.41, 5.74) is 0.143. The summed E-state index contributed by atoms with van der Waals surface area (Å²) >= 11 is 0. The maximum absolute atomic E-state index is 11.9. The van der Waals surface area contributed by atoms with Gasteiger partial charge in [0.2, 0.25) is 5.28 Å². The Bertz CT molecular complexity index is 768. The Morgan fingerprint density at radius 1 is 1.17 bits per heavy atom. The molecule has 1 fully saturated rings. The number of hydrazine groups is 1. The van der Waals surface area contributed by atoms with Crippen LogP contribution in [0.4, 0.5) is 5.69 Å². The molecule has 0 aromatic heterocycles. The predicted octanol–water partition coefficient (Wildman–Crippen LogP) is 2.37. The molecule has 0 bridgehead atoms. The average Bonchev–Trinajstić information content (AvgIpc) is 3.24. The van der Waals surface area contributed by atoms with Gasteiger partial charge in [0.1, 0.15) is 6.61 Å². The van der Waals surface area contributed by atoms with Crippen molar-refractivity contribution < 1.29 is 33.8 Å². The van der Waals surface area contributed by atoms with E-state index in [1.54, 1.807) is 0 Å². The lowest BCUT2D eigenvalue weighted by molar-refractivity contribution is -0.712. The molecule has 1 aliphatic rings. The van der Waals surface area contributed by atoms with Gasteiger partial charge in [0.25, 0.3) is 5.69 Å². The molecule has 2 rings (SSSR count). The Morgan fingerprint density at radius 3 is 2.53 bits per heavy atom. The molecule has 0 unspecified atom stereocenters. The van der Waals surface area contributed by atoms with E-state index in [4.69, 9.17) is 9.57 Å². The number of carbonyl (C=O) groups excluding carboxylic acids is 2. The fourth-order valence-corrected chi connectivity index (χ4v) is 2.88. The smallest absolute Gasteiger partial charge is 0.338 e. The molecule has 1 aromatic rings. The summed E-state index contributed by atoms with van der Waals surface area (Å²) in [7, 11) is 1.27. The summed E-state index contributed by atoms with van der Waals surface area (Å²) in [6.45, 7) is 0.789. The van der Waals surface area contributed by atoms with Crippen LogP contribution >= 0.6 is 0 Å². The van der Waals surface area contributed by atoms with Crippen LogP contribution in [-0.4, -0.2) is 59.8 Å². The number of benzene rings is 1. The number of nitro groups is 1. The van der Waals surface area contributed by atoms with Crippen molar-refractivity contribution in [1.29, 1.82) is 0 Å². The second kappa shape index (κ2) is 11.5. The third kappa shape index (κ3) is 6.57. The Kier molecular flexibility index (Phi) is 8.78. The third-order valence-corrected chi connectivity index (χ3v) is 4.47. The first-order valence-corrected chi connectivity index (χ1v) is 9.50. The van der Waals surface area contributed by atoms with E-state index in [0.29, 0.717) is 38.6 Å². The Labute approximate surface area is 172 Å². The van der Waals surface area contributed by atoms with Crippen LogP contribution in [0.1, 0.15) is 42.5 Å². The molecule has 30 heavy (non-hydrogen) atoms. The molecule has 1 heterocycles. The minimum Gasteiger partial charge on any atom is -0.569 e. The van der Waals surface area contributed by atoms with Crippen LogP contribution in [0.15, 0.2) is 29.5 Å². The lowest BCUT2D eigenvalue weighted by atomic mass is 10.2. The highest BCUT2D eigenvalue weighted by Crippen LogP contribution is 2.18. The highest BCUT2D eigenvalue weighted by molar-refractivity contribution is 5.89. The zero-order valence-electron chi connectivity index (χ0n) is 16.6. The Hall–Kier alpha value is -3.44. The standard InChI is InChI=1S/C18H24N4O8/c1-28-18(24)16-6-5-11-20(16)22(27)19-30-13-4-2-3-12-29-17(23)14-7-9-15(10-8-14)21(25)26/h7-10,16H,2-6,11-13H2,1H3/b22-19-/t16-/m0/s1. The number of nitrogens with zero attached hydrogens (tertiary/aromatic N) is 4. The van der Waals surface area contributed by atoms with E-state index < -0.39 is 22.9 Å². The van der Waals surface area contributed by atoms with Gasteiger partial charge in [-0.3, -0.25) is 10.1 Å². The Balaban J connectivity index is 1.59. The number of esters is 2. The van der Waals surface area contributed by atoms with Gasteiger partial charge in [0.05, 0.1) is 35.7 Å². The highest BCUT2D eigenvalue weighted by atomic mass is 16.7. The van der Waals surface area contributed by atoms with Gasteiger partial charge in [-0.25, -0.2) is 9.59 Å². The van der Waals surface area contributed by atoms with Crippen LogP contribution in [0.2, 0.25) is 0 Å². The van der Waals surface area contributed by atoms with Gasteiger partial charge in [-0.15, -0.1) is 5.01 Å². The maximum atomic E-state index is 11.9. The molecule has 1 atom stereocenters. The van der Waals surface area contributed by atoms with Crippen molar-refractivity contribution in [2.24, 2.45) is 5.28 Å². The molecular formula is C18H24N4O8. The van der Waals surface area contributed by atoms with E-state index in [9.17, 15) is 24.9 Å². The van der Waals surface area contributed by atoms with E-state index >= 15 is 0 Å². The maximum Gasteiger partial charge on any atom is 0.338 e. The molecule has 1 saturated heterocycles. The van der Waals surface area contributed by atoms with Crippen molar-refractivity contribution >= 4 is 17.6 Å². The zero-order chi connectivity index (χ0) is 21.9. The van der Waals surface area contributed by atoms with Gasteiger partial charge in [-0.1, -0.05) is 0 Å². The van der Waals surface area contributed by atoms with Crippen molar-refractivity contribution in [3.63, 3.8) is 0 Å². The minimum absolute atomic E-state index is 0.0980. The summed E-state index contributed by atoms with van der Waals surface area (Å²) < 4.78 is 9.77. The molecule has 0 saturated carbocycles. The zero-order valence-corrected chi connectivity index (χ0v) is 16.6. The lowest BCUT2D eigenvalue weighted by Gasteiger charge is -2.17. The number of unbranched alkanes of at least 4 members (excludes halogenated alkanes) is 2. The second-order valence-corrected chi connectivity index (χ2v) is 6.51. The average molecular weight is 424 g/mol. The van der Waals surface area contributed by atoms with Gasteiger partial charge < -0.3 is 19.5 Å². The monoisotopic (exact) mass is 424 g/mol. The van der Waals surface area contributed by atoms with Crippen LogP contribution in [-0.2, 0) is 19.1 Å². The predicted molar refractivity (Wildman–Crippen MR) is 101 cm³/mol. The number of rotatable bonds is 11. The number of ether oxygens (including phenoxy) is 2. The van der Waals surface area contributed by atoms with E-state index in [1.807, 2.05) is 0 Å². The fourth-order valence-electron chi connectivity index (χ4n) is 2.88. The van der Waals surface area contributed by atoms with Crippen LogP contribution in [0.25, 0.3) is 0 Å². The molecule has 12 heteroatoms. The number of non-ortho nitro benzene ring substituents is 1. The van der Waals surface area contributed by atoms with Crippen LogP contribution in [0.5, 0.6) is 0 Å². The lowest BCUT2D eigenvalue weighted by Crippen LogP contribution is -2.41. The van der Waals surface area contributed by atoms with Crippen molar-refractivity contribution in [3.05, 3.63) is 45.2 Å². The van der Waals surface area contributed by atoms with Gasteiger partial charge in [0, 0.05) is 12.1 Å². The topological polar surface area (TPSA) is 147 Å². The van der Waals surface area contributed by atoms with Crippen LogP contribution in [0.3, 0.4) is 0 Å². The molecule has 0 N–H and O–H groups in total. The third-order valence-electron chi connectivity index (χ3n) is 4.47. The van der Waals surface area contributed by atoms with Crippen molar-refractivity contribution in [2.45, 2.75) is 38.1 Å². The molecule has 164 valence electrons. The van der Waals surface area contributed by atoms with E-state index in [2.05, 4.69) is 10.0 Å². The van der Waals surface area contributed by atoms with Crippen molar-refractivity contribution in [2.75, 3.05) is 26.9 Å². The summed E-state index contributed by atoms with van der Waals surface area (Å²) in [5, 5.41) is 27.2. The molecule has 0 radical (unpaired) electrons. The highest BCUT2D eigenvalue weighted by Gasteiger charge is 2.37. The van der Waals surface area contributed by atoms with Gasteiger partial charge in [0.15, 0.2) is 6.04 Å². The summed E-state index contributed by atoms with van der Waals surface area (Å²) in [6.07, 6.45) is 3.06. The Morgan fingerprint density at radius 2 is 1.87 bits per heavy atom. The number of methoxy groups -OCH3 is 1. The fraction of sp³-hybridized carbons (Fsp3) is 0.556. The summed E-state index contributed by atoms with van der Waals surface area (Å²) in [4.78, 5) is 38.8. The first-order valence-electron chi connectivity index (χ1n) is 9.50. The molecule has 0 amide bonds. The summed E-state index contributed by atoms with van der Waals surface area (Å²) in [5.74, 6) is -1.03. The van der Waals surface area contributed by atoms with Crippen molar-refractivity contribution in [1.82, 2.24) is 5.01 Å². The second-order valence-electron chi connectivity index (χ2n) is 6.51. The largest absolute Gasteiger partial charge is 0.569 e. The number of hydrogen-bond donors (Lipinski definition) is 0. The molecular weight excluding hydrogens is 400 g/mol. The minimum atomic E-state index is -0.648. The van der Waals surface area contributed by atoms with Crippen LogP contribution in [0, 0.1) is 15.3 Å². The molecule has 1 aromatic carbocycles. The van der Waals surface area contributed by atoms with Gasteiger partial charge in [-0.05, 0) is 44.2 Å².